The van der Waals surface area contributed by atoms with Crippen molar-refractivity contribution in [1.82, 2.24) is 15.5 Å². The summed E-state index contributed by atoms with van der Waals surface area (Å²) in [7, 11) is 0. The van der Waals surface area contributed by atoms with E-state index in [-0.39, 0.29) is 11.2 Å². The number of hydrogen-bond donors (Lipinski definition) is 1. The van der Waals surface area contributed by atoms with E-state index < -0.39 is 0 Å². The van der Waals surface area contributed by atoms with Crippen LogP contribution in [0.4, 0.5) is 0 Å². The van der Waals surface area contributed by atoms with Crippen LogP contribution < -0.4 is 5.32 Å². The van der Waals surface area contributed by atoms with E-state index in [2.05, 4.69) is 22.4 Å². The van der Waals surface area contributed by atoms with Gasteiger partial charge in [0.1, 0.15) is 0 Å². The van der Waals surface area contributed by atoms with E-state index in [9.17, 15) is 4.79 Å². The van der Waals surface area contributed by atoms with Gasteiger partial charge in [0.2, 0.25) is 5.91 Å². The Balaban J connectivity index is 2.45. The van der Waals surface area contributed by atoms with Crippen molar-refractivity contribution >= 4 is 40.8 Å². The van der Waals surface area contributed by atoms with Gasteiger partial charge in [-0.1, -0.05) is 41.8 Å². The molecule has 96 valence electrons. The lowest BCUT2D eigenvalue weighted by atomic mass is 10.4. The standard InChI is InChI=1S/C10H17N3OS3/c1-4-6-15-9-12-13-10(17-9)16-7(3)8(14)11-5-2/h7H,4-6H2,1-3H3,(H,11,14)/t7-/m1/s1. The second-order valence-corrected chi connectivity index (χ2v) is 7.24. The number of amides is 1. The van der Waals surface area contributed by atoms with Crippen molar-refractivity contribution in [3.63, 3.8) is 0 Å². The minimum atomic E-state index is -0.119. The molecule has 1 N–H and O–H groups in total. The topological polar surface area (TPSA) is 54.9 Å². The number of nitrogens with one attached hydrogen (secondary N) is 1. The quantitative estimate of drug-likeness (QED) is 0.783. The molecule has 0 aliphatic carbocycles. The Bertz CT molecular complexity index is 356. The fourth-order valence-corrected chi connectivity index (χ4v) is 4.13. The van der Waals surface area contributed by atoms with E-state index in [0.717, 1.165) is 20.9 Å². The summed E-state index contributed by atoms with van der Waals surface area (Å²) in [4.78, 5) is 11.5. The van der Waals surface area contributed by atoms with Crippen LogP contribution in [0.25, 0.3) is 0 Å². The molecular formula is C10H17N3OS3. The van der Waals surface area contributed by atoms with Crippen LogP contribution in [0.3, 0.4) is 0 Å². The van der Waals surface area contributed by atoms with Gasteiger partial charge in [0.05, 0.1) is 5.25 Å². The summed E-state index contributed by atoms with van der Waals surface area (Å²) in [6, 6.07) is 0. The number of nitrogens with zero attached hydrogens (tertiary/aromatic N) is 2. The van der Waals surface area contributed by atoms with E-state index >= 15 is 0 Å². The third kappa shape index (κ3) is 5.27. The van der Waals surface area contributed by atoms with Crippen LogP contribution in [0.1, 0.15) is 27.2 Å². The lowest BCUT2D eigenvalue weighted by Gasteiger charge is -2.07. The third-order valence-electron chi connectivity index (χ3n) is 1.82. The van der Waals surface area contributed by atoms with E-state index in [0.29, 0.717) is 6.54 Å². The van der Waals surface area contributed by atoms with E-state index in [1.807, 2.05) is 13.8 Å². The molecule has 0 spiro atoms. The molecule has 0 saturated heterocycles. The first-order valence-corrected chi connectivity index (χ1v) is 8.26. The van der Waals surface area contributed by atoms with Crippen molar-refractivity contribution in [2.45, 2.75) is 41.1 Å². The maximum atomic E-state index is 11.5. The zero-order valence-electron chi connectivity index (χ0n) is 10.2. The van der Waals surface area contributed by atoms with Gasteiger partial charge in [-0.2, -0.15) is 0 Å². The molecule has 7 heteroatoms. The number of hydrogen-bond acceptors (Lipinski definition) is 6. The Morgan fingerprint density at radius 1 is 1.41 bits per heavy atom. The molecule has 1 aromatic heterocycles. The Morgan fingerprint density at radius 3 is 2.76 bits per heavy atom. The molecule has 0 fully saturated rings. The van der Waals surface area contributed by atoms with E-state index in [1.54, 1.807) is 23.1 Å². The van der Waals surface area contributed by atoms with Gasteiger partial charge >= 0.3 is 0 Å². The van der Waals surface area contributed by atoms with Gasteiger partial charge in [-0.05, 0) is 20.3 Å². The van der Waals surface area contributed by atoms with Crippen molar-refractivity contribution in [2.75, 3.05) is 12.3 Å². The SMILES string of the molecule is CCCSc1nnc(S[C@H](C)C(=O)NCC)s1. The highest BCUT2D eigenvalue weighted by atomic mass is 32.2. The van der Waals surface area contributed by atoms with Gasteiger partial charge < -0.3 is 5.32 Å². The summed E-state index contributed by atoms with van der Waals surface area (Å²) in [5.74, 6) is 1.11. The van der Waals surface area contributed by atoms with Gasteiger partial charge in [-0.3, -0.25) is 4.79 Å². The molecule has 1 heterocycles. The lowest BCUT2D eigenvalue weighted by Crippen LogP contribution is -2.30. The van der Waals surface area contributed by atoms with Gasteiger partial charge in [-0.15, -0.1) is 10.2 Å². The molecule has 0 aliphatic heterocycles. The molecule has 0 radical (unpaired) electrons. The maximum absolute atomic E-state index is 11.5. The van der Waals surface area contributed by atoms with Gasteiger partial charge in [0, 0.05) is 12.3 Å². The summed E-state index contributed by atoms with van der Waals surface area (Å²) in [6.07, 6.45) is 1.13. The van der Waals surface area contributed by atoms with E-state index in [4.69, 9.17) is 0 Å². The number of rotatable bonds is 7. The normalized spacial score (nSPS) is 12.4. The fraction of sp³-hybridized carbons (Fsp3) is 0.700. The number of thioether (sulfide) groups is 2. The summed E-state index contributed by atoms with van der Waals surface area (Å²) >= 11 is 4.74. The average Bonchev–Trinajstić information content (AvgIpc) is 2.74. The molecule has 0 saturated carbocycles. The molecule has 0 unspecified atom stereocenters. The zero-order valence-corrected chi connectivity index (χ0v) is 12.7. The van der Waals surface area contributed by atoms with Crippen molar-refractivity contribution < 1.29 is 4.79 Å². The minimum absolute atomic E-state index is 0.0514. The molecule has 1 aromatic rings. The van der Waals surface area contributed by atoms with Crippen molar-refractivity contribution in [3.8, 4) is 0 Å². The predicted octanol–water partition coefficient (Wildman–Crippen LogP) is 2.66. The summed E-state index contributed by atoms with van der Waals surface area (Å²) in [5.41, 5.74) is 0. The molecule has 4 nitrogen and oxygen atoms in total. The van der Waals surface area contributed by atoms with Crippen molar-refractivity contribution in [3.05, 3.63) is 0 Å². The van der Waals surface area contributed by atoms with Gasteiger partial charge in [-0.25, -0.2) is 0 Å². The summed E-state index contributed by atoms with van der Waals surface area (Å²) in [5, 5.41) is 10.9. The van der Waals surface area contributed by atoms with E-state index in [1.165, 1.54) is 11.8 Å². The second kappa shape index (κ2) is 7.94. The van der Waals surface area contributed by atoms with Gasteiger partial charge in [0.15, 0.2) is 8.68 Å². The number of aromatic nitrogens is 2. The average molecular weight is 291 g/mol. The Morgan fingerprint density at radius 2 is 2.12 bits per heavy atom. The molecule has 1 atom stereocenters. The smallest absolute Gasteiger partial charge is 0.233 e. The molecule has 0 aliphatic rings. The van der Waals surface area contributed by atoms with Crippen LogP contribution >= 0.6 is 34.9 Å². The van der Waals surface area contributed by atoms with Crippen LogP contribution in [-0.4, -0.2) is 33.7 Å². The highest BCUT2D eigenvalue weighted by Gasteiger charge is 2.16. The summed E-state index contributed by atoms with van der Waals surface area (Å²) in [6.45, 7) is 6.61. The highest BCUT2D eigenvalue weighted by molar-refractivity contribution is 8.03. The predicted molar refractivity (Wildman–Crippen MR) is 74.9 cm³/mol. The van der Waals surface area contributed by atoms with Crippen molar-refractivity contribution in [2.24, 2.45) is 0 Å². The third-order valence-corrected chi connectivity index (χ3v) is 5.26. The monoisotopic (exact) mass is 291 g/mol. The first-order chi connectivity index (χ1) is 8.17. The molecule has 17 heavy (non-hydrogen) atoms. The first kappa shape index (κ1) is 14.8. The largest absolute Gasteiger partial charge is 0.355 e. The zero-order chi connectivity index (χ0) is 12.7. The molecular weight excluding hydrogens is 274 g/mol. The van der Waals surface area contributed by atoms with Crippen LogP contribution in [0.2, 0.25) is 0 Å². The number of carbonyl (C=O) groups excluding carboxylic acids is 1. The highest BCUT2D eigenvalue weighted by Crippen LogP contribution is 2.31. The Hall–Kier alpha value is -0.270. The Kier molecular flexibility index (Phi) is 6.91. The Labute approximate surface area is 114 Å². The van der Waals surface area contributed by atoms with Crippen LogP contribution in [0.5, 0.6) is 0 Å². The van der Waals surface area contributed by atoms with Crippen LogP contribution in [0, 0.1) is 0 Å². The molecule has 1 rings (SSSR count). The first-order valence-electron chi connectivity index (χ1n) is 5.58. The fourth-order valence-electron chi connectivity index (χ4n) is 1.02. The second-order valence-electron chi connectivity index (χ2n) is 3.34. The summed E-state index contributed by atoms with van der Waals surface area (Å²) < 4.78 is 1.85. The van der Waals surface area contributed by atoms with Gasteiger partial charge in [0.25, 0.3) is 0 Å². The van der Waals surface area contributed by atoms with Crippen molar-refractivity contribution in [1.29, 1.82) is 0 Å². The molecule has 0 aromatic carbocycles. The van der Waals surface area contributed by atoms with Crippen LogP contribution in [0.15, 0.2) is 8.68 Å². The molecule has 1 amide bonds. The molecule has 0 bridgehead atoms. The minimum Gasteiger partial charge on any atom is -0.355 e. The maximum Gasteiger partial charge on any atom is 0.233 e. The van der Waals surface area contributed by atoms with Crippen LogP contribution in [-0.2, 0) is 4.79 Å². The lowest BCUT2D eigenvalue weighted by molar-refractivity contribution is -0.120. The number of carbonyl (C=O) groups is 1.